The van der Waals surface area contributed by atoms with Crippen LogP contribution in [0.5, 0.6) is 0 Å². The molecule has 0 N–H and O–H groups in total. The average Bonchev–Trinajstić information content (AvgIpc) is 2.57. The zero-order chi connectivity index (χ0) is 11.5. The van der Waals surface area contributed by atoms with Gasteiger partial charge in [0, 0.05) is 19.0 Å². The normalized spacial score (nSPS) is 10.9. The fourth-order valence-corrected chi connectivity index (χ4v) is 1.98. The van der Waals surface area contributed by atoms with E-state index in [1.165, 1.54) is 12.1 Å². The summed E-state index contributed by atoms with van der Waals surface area (Å²) in [6.45, 7) is 4.41. The largest absolute Gasteiger partial charge is 0.324 e. The van der Waals surface area contributed by atoms with Crippen LogP contribution >= 0.6 is 12.6 Å². The lowest BCUT2D eigenvalue weighted by atomic mass is 10.3. The predicted octanol–water partition coefficient (Wildman–Crippen LogP) is 2.83. The molecule has 0 saturated carbocycles. The molecule has 0 bridgehead atoms. The Hall–Kier alpha value is -1.29. The van der Waals surface area contributed by atoms with Gasteiger partial charge in [0.05, 0.1) is 11.0 Å². The molecule has 0 spiro atoms. The van der Waals surface area contributed by atoms with Crippen LogP contribution in [-0.2, 0) is 13.0 Å². The Bertz CT molecular complexity index is 519. The van der Waals surface area contributed by atoms with Crippen molar-refractivity contribution >= 4 is 23.7 Å². The van der Waals surface area contributed by atoms with Crippen LogP contribution in [0.15, 0.2) is 30.9 Å². The molecule has 84 valence electrons. The number of aromatic nitrogens is 2. The molecule has 0 unspecified atom stereocenters. The quantitative estimate of drug-likeness (QED) is 0.638. The van der Waals surface area contributed by atoms with Gasteiger partial charge in [0.1, 0.15) is 11.6 Å². The SMILES string of the molecule is C=CCn1c(CCS)nc2cc(F)ccc21. The van der Waals surface area contributed by atoms with E-state index in [1.807, 2.05) is 10.6 Å². The van der Waals surface area contributed by atoms with Gasteiger partial charge in [0.2, 0.25) is 0 Å². The van der Waals surface area contributed by atoms with E-state index in [4.69, 9.17) is 0 Å². The van der Waals surface area contributed by atoms with Crippen molar-refractivity contribution < 1.29 is 4.39 Å². The number of allylic oxidation sites excluding steroid dienone is 1. The number of hydrogen-bond acceptors (Lipinski definition) is 2. The van der Waals surface area contributed by atoms with Crippen LogP contribution in [0.3, 0.4) is 0 Å². The second-order valence-corrected chi connectivity index (χ2v) is 3.98. The summed E-state index contributed by atoms with van der Waals surface area (Å²) in [5, 5.41) is 0. The van der Waals surface area contributed by atoms with E-state index in [9.17, 15) is 4.39 Å². The highest BCUT2D eigenvalue weighted by Gasteiger charge is 2.09. The summed E-state index contributed by atoms with van der Waals surface area (Å²) < 4.78 is 15.1. The first-order valence-corrected chi connectivity index (χ1v) is 5.76. The van der Waals surface area contributed by atoms with Crippen molar-refractivity contribution in [3.8, 4) is 0 Å². The van der Waals surface area contributed by atoms with Gasteiger partial charge in [-0.05, 0) is 17.9 Å². The topological polar surface area (TPSA) is 17.8 Å². The molecular weight excluding hydrogens is 223 g/mol. The summed E-state index contributed by atoms with van der Waals surface area (Å²) in [6.07, 6.45) is 2.58. The standard InChI is InChI=1S/C12H13FN2S/c1-2-6-15-11-4-3-9(13)8-10(11)14-12(15)5-7-16/h2-4,8,16H,1,5-7H2. The molecule has 0 fully saturated rings. The maximum atomic E-state index is 13.1. The number of hydrogen-bond donors (Lipinski definition) is 1. The van der Waals surface area contributed by atoms with Crippen LogP contribution in [-0.4, -0.2) is 15.3 Å². The van der Waals surface area contributed by atoms with Crippen LogP contribution in [0, 0.1) is 5.82 Å². The Morgan fingerprint density at radius 1 is 1.50 bits per heavy atom. The fourth-order valence-electron chi connectivity index (χ4n) is 1.78. The van der Waals surface area contributed by atoms with Gasteiger partial charge in [-0.15, -0.1) is 6.58 Å². The molecule has 4 heteroatoms. The van der Waals surface area contributed by atoms with Crippen molar-refractivity contribution in [2.75, 3.05) is 5.75 Å². The molecule has 1 heterocycles. The minimum atomic E-state index is -0.256. The van der Waals surface area contributed by atoms with Gasteiger partial charge in [0.15, 0.2) is 0 Å². The van der Waals surface area contributed by atoms with Crippen LogP contribution in [0.2, 0.25) is 0 Å². The molecule has 0 saturated heterocycles. The van der Waals surface area contributed by atoms with Gasteiger partial charge < -0.3 is 4.57 Å². The highest BCUT2D eigenvalue weighted by atomic mass is 32.1. The van der Waals surface area contributed by atoms with Gasteiger partial charge >= 0.3 is 0 Å². The van der Waals surface area contributed by atoms with Crippen LogP contribution in [0.1, 0.15) is 5.82 Å². The Labute approximate surface area is 99.2 Å². The van der Waals surface area contributed by atoms with E-state index in [0.29, 0.717) is 12.1 Å². The summed E-state index contributed by atoms with van der Waals surface area (Å²) in [6, 6.07) is 4.66. The number of imidazole rings is 1. The Morgan fingerprint density at radius 2 is 2.31 bits per heavy atom. The van der Waals surface area contributed by atoms with E-state index >= 15 is 0 Å². The van der Waals surface area contributed by atoms with Gasteiger partial charge in [-0.3, -0.25) is 0 Å². The minimum Gasteiger partial charge on any atom is -0.324 e. The molecule has 0 aliphatic rings. The van der Waals surface area contributed by atoms with Crippen molar-refractivity contribution in [2.45, 2.75) is 13.0 Å². The fraction of sp³-hybridized carbons (Fsp3) is 0.250. The maximum absolute atomic E-state index is 13.1. The molecular formula is C12H13FN2S. The molecule has 0 aliphatic carbocycles. The lowest BCUT2D eigenvalue weighted by Crippen LogP contribution is -2.02. The van der Waals surface area contributed by atoms with Crippen LogP contribution in [0.25, 0.3) is 11.0 Å². The Kier molecular flexibility index (Phi) is 3.29. The number of halogens is 1. The second kappa shape index (κ2) is 4.70. The molecule has 1 aromatic heterocycles. The molecule has 2 nitrogen and oxygen atoms in total. The summed E-state index contributed by atoms with van der Waals surface area (Å²) in [4.78, 5) is 4.41. The number of thiol groups is 1. The second-order valence-electron chi connectivity index (χ2n) is 3.53. The van der Waals surface area contributed by atoms with E-state index < -0.39 is 0 Å². The van der Waals surface area contributed by atoms with Gasteiger partial charge in [-0.2, -0.15) is 12.6 Å². The highest BCUT2D eigenvalue weighted by Crippen LogP contribution is 2.18. The Morgan fingerprint density at radius 3 is 3.00 bits per heavy atom. The smallest absolute Gasteiger partial charge is 0.125 e. The third-order valence-corrected chi connectivity index (χ3v) is 2.66. The third-order valence-electron chi connectivity index (χ3n) is 2.44. The predicted molar refractivity (Wildman–Crippen MR) is 67.4 cm³/mol. The van der Waals surface area contributed by atoms with E-state index in [1.54, 1.807) is 6.07 Å². The molecule has 0 atom stereocenters. The lowest BCUT2D eigenvalue weighted by Gasteiger charge is -2.04. The zero-order valence-electron chi connectivity index (χ0n) is 8.86. The Balaban J connectivity index is 2.60. The number of fused-ring (bicyclic) bond motifs is 1. The lowest BCUT2D eigenvalue weighted by molar-refractivity contribution is 0.629. The van der Waals surface area contributed by atoms with Crippen LogP contribution < -0.4 is 0 Å². The summed E-state index contributed by atoms with van der Waals surface area (Å²) >= 11 is 4.20. The van der Waals surface area contributed by atoms with Gasteiger partial charge in [0.25, 0.3) is 0 Å². The van der Waals surface area contributed by atoms with Crippen LogP contribution in [0.4, 0.5) is 4.39 Å². The summed E-state index contributed by atoms with van der Waals surface area (Å²) in [5.74, 6) is 1.40. The van der Waals surface area contributed by atoms with E-state index in [2.05, 4.69) is 24.2 Å². The first kappa shape index (κ1) is 11.2. The molecule has 1 aromatic carbocycles. The number of nitrogens with zero attached hydrogens (tertiary/aromatic N) is 2. The van der Waals surface area contributed by atoms with Gasteiger partial charge in [-0.25, -0.2) is 9.37 Å². The van der Waals surface area contributed by atoms with Crippen molar-refractivity contribution in [2.24, 2.45) is 0 Å². The van der Waals surface area contributed by atoms with Crippen molar-refractivity contribution in [1.82, 2.24) is 9.55 Å². The van der Waals surface area contributed by atoms with E-state index in [-0.39, 0.29) is 5.82 Å². The number of aryl methyl sites for hydroxylation is 1. The summed E-state index contributed by atoms with van der Waals surface area (Å²) in [7, 11) is 0. The molecule has 2 rings (SSSR count). The van der Waals surface area contributed by atoms with Crippen molar-refractivity contribution in [3.05, 3.63) is 42.5 Å². The number of rotatable bonds is 4. The third kappa shape index (κ3) is 1.97. The number of benzene rings is 1. The zero-order valence-corrected chi connectivity index (χ0v) is 9.75. The molecule has 0 amide bonds. The summed E-state index contributed by atoms with van der Waals surface area (Å²) in [5.41, 5.74) is 1.64. The average molecular weight is 236 g/mol. The van der Waals surface area contributed by atoms with Crippen molar-refractivity contribution in [3.63, 3.8) is 0 Å². The maximum Gasteiger partial charge on any atom is 0.125 e. The first-order chi connectivity index (χ1) is 7.76. The van der Waals surface area contributed by atoms with E-state index in [0.717, 1.165) is 23.5 Å². The first-order valence-electron chi connectivity index (χ1n) is 5.12. The van der Waals surface area contributed by atoms with Gasteiger partial charge in [-0.1, -0.05) is 6.08 Å². The highest BCUT2D eigenvalue weighted by molar-refractivity contribution is 7.80. The monoisotopic (exact) mass is 236 g/mol. The van der Waals surface area contributed by atoms with Crippen molar-refractivity contribution in [1.29, 1.82) is 0 Å². The molecule has 2 aromatic rings. The molecule has 0 radical (unpaired) electrons. The molecule has 16 heavy (non-hydrogen) atoms. The minimum absolute atomic E-state index is 0.256. The molecule has 0 aliphatic heterocycles.